The normalized spacial score (nSPS) is 15.6. The van der Waals surface area contributed by atoms with Crippen molar-refractivity contribution in [3.05, 3.63) is 36.5 Å². The van der Waals surface area contributed by atoms with Crippen LogP contribution in [-0.4, -0.2) is 22.4 Å². The number of hydrogen-bond donors (Lipinski definition) is 2. The largest absolute Gasteiger partial charge is 0.390 e. The smallest absolute Gasteiger partial charge is 0.0836 e. The number of allylic oxidation sites excluding steroid dienone is 4. The highest BCUT2D eigenvalue weighted by Crippen LogP contribution is 2.05. The molecule has 0 aliphatic carbocycles. The molecule has 0 aromatic heterocycles. The second kappa shape index (κ2) is 11.2. The van der Waals surface area contributed by atoms with E-state index < -0.39 is 12.2 Å². The maximum Gasteiger partial charge on any atom is 0.0836 e. The van der Waals surface area contributed by atoms with Gasteiger partial charge in [0.2, 0.25) is 0 Å². The Morgan fingerprint density at radius 1 is 1.00 bits per heavy atom. The molecule has 0 aromatic rings. The Morgan fingerprint density at radius 2 is 1.59 bits per heavy atom. The summed E-state index contributed by atoms with van der Waals surface area (Å²) >= 11 is 0. The van der Waals surface area contributed by atoms with Gasteiger partial charge >= 0.3 is 0 Å². The molecule has 2 atom stereocenters. The molecule has 0 amide bonds. The van der Waals surface area contributed by atoms with Gasteiger partial charge < -0.3 is 10.2 Å². The summed E-state index contributed by atoms with van der Waals surface area (Å²) in [5.74, 6) is 2.34. The molecule has 17 heavy (non-hydrogen) atoms. The predicted octanol–water partition coefficient (Wildman–Crippen LogP) is 2.59. The zero-order valence-corrected chi connectivity index (χ0v) is 10.4. The third kappa shape index (κ3) is 9.62. The van der Waals surface area contributed by atoms with E-state index in [0.29, 0.717) is 12.8 Å². The number of rotatable bonds is 8. The Labute approximate surface area is 104 Å². The lowest BCUT2D eigenvalue weighted by Crippen LogP contribution is -2.24. The molecule has 0 saturated carbocycles. The van der Waals surface area contributed by atoms with E-state index in [1.54, 1.807) is 6.08 Å². The molecular weight excluding hydrogens is 212 g/mol. The van der Waals surface area contributed by atoms with Gasteiger partial charge in [0.05, 0.1) is 12.2 Å². The zero-order valence-electron chi connectivity index (χ0n) is 10.4. The van der Waals surface area contributed by atoms with Gasteiger partial charge in [-0.1, -0.05) is 43.2 Å². The molecule has 0 aromatic carbocycles. The minimum absolute atomic E-state index is 0.384. The summed E-state index contributed by atoms with van der Waals surface area (Å²) in [7, 11) is 0. The minimum atomic E-state index is -0.754. The Balaban J connectivity index is 3.77. The first kappa shape index (κ1) is 15.7. The lowest BCUT2D eigenvalue weighted by atomic mass is 10.1. The third-order valence-electron chi connectivity index (χ3n) is 2.25. The SMILES string of the molecule is C#C/C=C/C[C@H](O)[C@@H](O)C/C=C\C/C=C/CC. The van der Waals surface area contributed by atoms with Gasteiger partial charge in [-0.2, -0.15) is 0 Å². The van der Waals surface area contributed by atoms with E-state index in [2.05, 4.69) is 25.0 Å². The molecule has 0 aliphatic heterocycles. The molecule has 0 rings (SSSR count). The molecule has 0 unspecified atom stereocenters. The van der Waals surface area contributed by atoms with Crippen LogP contribution in [0.2, 0.25) is 0 Å². The number of aliphatic hydroxyl groups excluding tert-OH is 2. The standard InChI is InChI=1S/C15H22O2/c1-3-5-7-8-9-11-13-15(17)14(16)12-10-6-4-2/h2,5-7,9-11,14-17H,3,8,12-13H2,1H3/b7-5+,10-6+,11-9-/t14-,15-/m0/s1. The highest BCUT2D eigenvalue weighted by molar-refractivity contribution is 5.09. The summed E-state index contributed by atoms with van der Waals surface area (Å²) in [5, 5.41) is 19.2. The van der Waals surface area contributed by atoms with Crippen LogP contribution < -0.4 is 0 Å². The molecule has 0 radical (unpaired) electrons. The van der Waals surface area contributed by atoms with Crippen molar-refractivity contribution >= 4 is 0 Å². The van der Waals surface area contributed by atoms with Gasteiger partial charge in [-0.3, -0.25) is 0 Å². The van der Waals surface area contributed by atoms with Crippen LogP contribution in [0.15, 0.2) is 36.5 Å². The van der Waals surface area contributed by atoms with E-state index >= 15 is 0 Å². The quantitative estimate of drug-likeness (QED) is 0.500. The van der Waals surface area contributed by atoms with E-state index in [9.17, 15) is 10.2 Å². The van der Waals surface area contributed by atoms with Gasteiger partial charge in [-0.15, -0.1) is 6.42 Å². The average molecular weight is 234 g/mol. The van der Waals surface area contributed by atoms with Gasteiger partial charge in [-0.25, -0.2) is 0 Å². The van der Waals surface area contributed by atoms with Crippen LogP contribution in [0.4, 0.5) is 0 Å². The molecule has 0 fully saturated rings. The van der Waals surface area contributed by atoms with E-state index in [0.717, 1.165) is 12.8 Å². The molecule has 94 valence electrons. The lowest BCUT2D eigenvalue weighted by Gasteiger charge is -2.13. The van der Waals surface area contributed by atoms with Crippen molar-refractivity contribution in [1.29, 1.82) is 0 Å². The second-order valence-corrected chi connectivity index (χ2v) is 3.76. The fourth-order valence-electron chi connectivity index (χ4n) is 1.26. The van der Waals surface area contributed by atoms with Crippen LogP contribution in [0.1, 0.15) is 32.6 Å². The fraction of sp³-hybridized carbons (Fsp3) is 0.467. The van der Waals surface area contributed by atoms with Crippen molar-refractivity contribution in [2.75, 3.05) is 0 Å². The summed E-state index contributed by atoms with van der Waals surface area (Å²) in [6.45, 7) is 2.09. The van der Waals surface area contributed by atoms with Crippen LogP contribution >= 0.6 is 0 Å². The number of aliphatic hydroxyl groups is 2. The molecule has 2 nitrogen and oxygen atoms in total. The maximum absolute atomic E-state index is 9.61. The van der Waals surface area contributed by atoms with E-state index in [4.69, 9.17) is 6.42 Å². The summed E-state index contributed by atoms with van der Waals surface area (Å²) in [5.41, 5.74) is 0. The molecule has 0 saturated heterocycles. The Bertz CT molecular complexity index is 295. The molecule has 0 heterocycles. The topological polar surface area (TPSA) is 40.5 Å². The summed E-state index contributed by atoms with van der Waals surface area (Å²) in [4.78, 5) is 0. The molecule has 0 spiro atoms. The fourth-order valence-corrected chi connectivity index (χ4v) is 1.26. The Morgan fingerprint density at radius 3 is 2.18 bits per heavy atom. The molecule has 2 heteroatoms. The van der Waals surface area contributed by atoms with Crippen molar-refractivity contribution in [1.82, 2.24) is 0 Å². The van der Waals surface area contributed by atoms with Crippen LogP contribution in [-0.2, 0) is 0 Å². The van der Waals surface area contributed by atoms with E-state index in [1.165, 1.54) is 6.08 Å². The van der Waals surface area contributed by atoms with Crippen molar-refractivity contribution in [3.8, 4) is 12.3 Å². The highest BCUT2D eigenvalue weighted by Gasteiger charge is 2.12. The van der Waals surface area contributed by atoms with E-state index in [-0.39, 0.29) is 0 Å². The van der Waals surface area contributed by atoms with Crippen molar-refractivity contribution in [2.24, 2.45) is 0 Å². The van der Waals surface area contributed by atoms with Crippen molar-refractivity contribution < 1.29 is 10.2 Å². The first-order valence-electron chi connectivity index (χ1n) is 5.99. The van der Waals surface area contributed by atoms with Crippen LogP contribution in [0, 0.1) is 12.3 Å². The predicted molar refractivity (Wildman–Crippen MR) is 72.4 cm³/mol. The first-order chi connectivity index (χ1) is 8.22. The second-order valence-electron chi connectivity index (χ2n) is 3.76. The van der Waals surface area contributed by atoms with Crippen LogP contribution in [0.3, 0.4) is 0 Å². The zero-order chi connectivity index (χ0) is 12.9. The van der Waals surface area contributed by atoms with Crippen molar-refractivity contribution in [3.63, 3.8) is 0 Å². The molecule has 2 N–H and O–H groups in total. The maximum atomic E-state index is 9.61. The molecular formula is C15H22O2. The highest BCUT2D eigenvalue weighted by atomic mass is 16.3. The minimum Gasteiger partial charge on any atom is -0.390 e. The monoisotopic (exact) mass is 234 g/mol. The Kier molecular flexibility index (Phi) is 10.3. The van der Waals surface area contributed by atoms with E-state index in [1.807, 2.05) is 12.2 Å². The first-order valence-corrected chi connectivity index (χ1v) is 5.99. The molecule has 0 bridgehead atoms. The molecule has 0 aliphatic rings. The number of terminal acetylenes is 1. The lowest BCUT2D eigenvalue weighted by molar-refractivity contribution is 0.0238. The van der Waals surface area contributed by atoms with Crippen LogP contribution in [0.5, 0.6) is 0 Å². The van der Waals surface area contributed by atoms with Gasteiger partial charge in [0, 0.05) is 0 Å². The van der Waals surface area contributed by atoms with Gasteiger partial charge in [-0.05, 0) is 31.8 Å². The average Bonchev–Trinajstić information content (AvgIpc) is 2.33. The van der Waals surface area contributed by atoms with Gasteiger partial charge in [0.25, 0.3) is 0 Å². The van der Waals surface area contributed by atoms with Crippen LogP contribution in [0.25, 0.3) is 0 Å². The summed E-state index contributed by atoms with van der Waals surface area (Å²) in [6, 6.07) is 0. The van der Waals surface area contributed by atoms with Gasteiger partial charge in [0.1, 0.15) is 0 Å². The van der Waals surface area contributed by atoms with Gasteiger partial charge in [0.15, 0.2) is 0 Å². The Hall–Kier alpha value is -1.30. The summed E-state index contributed by atoms with van der Waals surface area (Å²) < 4.78 is 0. The van der Waals surface area contributed by atoms with Crippen molar-refractivity contribution in [2.45, 2.75) is 44.8 Å². The summed E-state index contributed by atoms with van der Waals surface area (Å²) in [6.07, 6.45) is 17.6. The number of hydrogen-bond acceptors (Lipinski definition) is 2. The third-order valence-corrected chi connectivity index (χ3v) is 2.25.